The zero-order valence-corrected chi connectivity index (χ0v) is 16.6. The molecule has 0 saturated heterocycles. The van der Waals surface area contributed by atoms with Gasteiger partial charge < -0.3 is 15.1 Å². The molecule has 0 radical (unpaired) electrons. The molecule has 2 aromatic carbocycles. The average molecular weight is 391 g/mol. The van der Waals surface area contributed by atoms with Crippen molar-refractivity contribution < 1.29 is 14.0 Å². The van der Waals surface area contributed by atoms with Crippen LogP contribution in [0.4, 0.5) is 11.4 Å². The Morgan fingerprint density at radius 3 is 1.93 bits per heavy atom. The summed E-state index contributed by atoms with van der Waals surface area (Å²) in [5.41, 5.74) is 3.05. The van der Waals surface area contributed by atoms with Gasteiger partial charge in [0.15, 0.2) is 5.76 Å². The van der Waals surface area contributed by atoms with Crippen molar-refractivity contribution in [2.45, 2.75) is 20.4 Å². The second-order valence-corrected chi connectivity index (χ2v) is 6.62. The van der Waals surface area contributed by atoms with Gasteiger partial charge in [-0.2, -0.15) is 0 Å². The summed E-state index contributed by atoms with van der Waals surface area (Å²) in [6, 6.07) is 17.8. The van der Waals surface area contributed by atoms with E-state index in [-0.39, 0.29) is 17.6 Å². The number of amides is 2. The van der Waals surface area contributed by atoms with Gasteiger partial charge >= 0.3 is 0 Å². The molecule has 6 heteroatoms. The van der Waals surface area contributed by atoms with Crippen LogP contribution in [0.1, 0.15) is 40.3 Å². The topological polar surface area (TPSA) is 74.6 Å². The Kier molecular flexibility index (Phi) is 6.81. The number of hydrogen-bond donors (Lipinski definition) is 2. The largest absolute Gasteiger partial charge is 0.459 e. The maximum absolute atomic E-state index is 12.5. The Morgan fingerprint density at radius 1 is 0.828 bits per heavy atom. The summed E-state index contributed by atoms with van der Waals surface area (Å²) in [4.78, 5) is 26.8. The van der Waals surface area contributed by atoms with E-state index in [4.69, 9.17) is 4.42 Å². The fraction of sp³-hybridized carbons (Fsp3) is 0.217. The molecule has 0 unspecified atom stereocenters. The first-order valence-corrected chi connectivity index (χ1v) is 9.66. The lowest BCUT2D eigenvalue weighted by Crippen LogP contribution is -2.22. The van der Waals surface area contributed by atoms with E-state index in [1.165, 1.54) is 11.8 Å². The van der Waals surface area contributed by atoms with Gasteiger partial charge in [0, 0.05) is 23.5 Å². The Morgan fingerprint density at radius 2 is 1.41 bits per heavy atom. The van der Waals surface area contributed by atoms with Crippen LogP contribution >= 0.6 is 0 Å². The molecule has 0 bridgehead atoms. The molecule has 3 rings (SSSR count). The maximum atomic E-state index is 12.5. The van der Waals surface area contributed by atoms with Crippen LogP contribution in [0.2, 0.25) is 0 Å². The van der Waals surface area contributed by atoms with Crippen molar-refractivity contribution in [1.82, 2.24) is 4.90 Å². The number of carbonyl (C=O) groups excluding carboxylic acids is 2. The molecule has 0 fully saturated rings. The Hall–Kier alpha value is -3.38. The van der Waals surface area contributed by atoms with Crippen molar-refractivity contribution in [2.24, 2.45) is 0 Å². The third-order valence-corrected chi connectivity index (χ3v) is 4.66. The molecule has 6 nitrogen and oxygen atoms in total. The van der Waals surface area contributed by atoms with Crippen molar-refractivity contribution >= 4 is 23.2 Å². The molecule has 0 aliphatic rings. The molecule has 3 aromatic rings. The second-order valence-electron chi connectivity index (χ2n) is 6.62. The van der Waals surface area contributed by atoms with E-state index in [0.29, 0.717) is 16.9 Å². The minimum absolute atomic E-state index is 0.174. The Labute approximate surface area is 170 Å². The van der Waals surface area contributed by atoms with E-state index in [2.05, 4.69) is 29.4 Å². The molecule has 2 amide bonds. The zero-order chi connectivity index (χ0) is 20.6. The first kappa shape index (κ1) is 20.4. The van der Waals surface area contributed by atoms with Gasteiger partial charge in [-0.05, 0) is 67.2 Å². The molecule has 1 heterocycles. The van der Waals surface area contributed by atoms with Gasteiger partial charge in [-0.1, -0.05) is 26.0 Å². The SMILES string of the molecule is CCN(CC)Cc1ccc(C(=O)Nc2ccc(NC(=O)c3ccco3)cc2)cc1. The highest BCUT2D eigenvalue weighted by Gasteiger charge is 2.10. The molecule has 2 N–H and O–H groups in total. The van der Waals surface area contributed by atoms with Gasteiger partial charge in [-0.3, -0.25) is 14.5 Å². The number of carbonyl (C=O) groups is 2. The van der Waals surface area contributed by atoms with Crippen LogP contribution in [0.25, 0.3) is 0 Å². The molecule has 0 spiro atoms. The normalized spacial score (nSPS) is 10.7. The molecule has 150 valence electrons. The highest BCUT2D eigenvalue weighted by molar-refractivity contribution is 6.05. The van der Waals surface area contributed by atoms with E-state index >= 15 is 0 Å². The monoisotopic (exact) mass is 391 g/mol. The predicted octanol–water partition coefficient (Wildman–Crippen LogP) is 4.63. The van der Waals surface area contributed by atoms with E-state index < -0.39 is 0 Å². The summed E-state index contributed by atoms with van der Waals surface area (Å²) < 4.78 is 5.06. The quantitative estimate of drug-likeness (QED) is 0.587. The summed E-state index contributed by atoms with van der Waals surface area (Å²) in [6.45, 7) is 7.14. The van der Waals surface area contributed by atoms with Crippen LogP contribution < -0.4 is 10.6 Å². The number of nitrogens with one attached hydrogen (secondary N) is 2. The van der Waals surface area contributed by atoms with Gasteiger partial charge in [-0.25, -0.2) is 0 Å². The van der Waals surface area contributed by atoms with Crippen molar-refractivity contribution in [3.8, 4) is 0 Å². The fourth-order valence-corrected chi connectivity index (χ4v) is 2.91. The summed E-state index contributed by atoms with van der Waals surface area (Å²) in [5.74, 6) is -0.254. The lowest BCUT2D eigenvalue weighted by Gasteiger charge is -2.18. The van der Waals surface area contributed by atoms with Crippen LogP contribution in [0.5, 0.6) is 0 Å². The molecule has 0 saturated carbocycles. The fourth-order valence-electron chi connectivity index (χ4n) is 2.91. The first-order valence-electron chi connectivity index (χ1n) is 9.66. The average Bonchev–Trinajstić information content (AvgIpc) is 3.29. The van der Waals surface area contributed by atoms with Crippen LogP contribution in [0.3, 0.4) is 0 Å². The van der Waals surface area contributed by atoms with E-state index in [0.717, 1.165) is 19.6 Å². The van der Waals surface area contributed by atoms with Crippen LogP contribution in [0.15, 0.2) is 71.3 Å². The van der Waals surface area contributed by atoms with Gasteiger partial charge in [-0.15, -0.1) is 0 Å². The zero-order valence-electron chi connectivity index (χ0n) is 16.6. The van der Waals surface area contributed by atoms with Gasteiger partial charge in [0.25, 0.3) is 11.8 Å². The third kappa shape index (κ3) is 5.56. The van der Waals surface area contributed by atoms with Gasteiger partial charge in [0.2, 0.25) is 0 Å². The Bertz CT molecular complexity index is 929. The number of benzene rings is 2. The highest BCUT2D eigenvalue weighted by Crippen LogP contribution is 2.16. The number of anilines is 2. The van der Waals surface area contributed by atoms with E-state index in [1.54, 1.807) is 36.4 Å². The van der Waals surface area contributed by atoms with Crippen molar-refractivity contribution in [2.75, 3.05) is 23.7 Å². The van der Waals surface area contributed by atoms with Crippen LogP contribution in [0, 0.1) is 0 Å². The molecule has 1 aromatic heterocycles. The van der Waals surface area contributed by atoms with Gasteiger partial charge in [0.1, 0.15) is 0 Å². The van der Waals surface area contributed by atoms with E-state index in [1.807, 2.05) is 24.3 Å². The lowest BCUT2D eigenvalue weighted by molar-refractivity contribution is 0.0994. The predicted molar refractivity (Wildman–Crippen MR) is 114 cm³/mol. The summed E-state index contributed by atoms with van der Waals surface area (Å²) in [6.07, 6.45) is 1.45. The summed E-state index contributed by atoms with van der Waals surface area (Å²) in [7, 11) is 0. The number of furan rings is 1. The molecule has 0 aliphatic carbocycles. The molecular formula is C23H25N3O3. The molecule has 29 heavy (non-hydrogen) atoms. The Balaban J connectivity index is 1.57. The van der Waals surface area contributed by atoms with Gasteiger partial charge in [0.05, 0.1) is 6.26 Å². The van der Waals surface area contributed by atoms with E-state index in [9.17, 15) is 9.59 Å². The standard InChI is InChI=1S/C23H25N3O3/c1-3-26(4-2)16-17-7-9-18(10-8-17)22(27)24-19-11-13-20(14-12-19)25-23(28)21-6-5-15-29-21/h5-15H,3-4,16H2,1-2H3,(H,24,27)(H,25,28). The minimum atomic E-state index is -0.323. The van der Waals surface area contributed by atoms with Crippen LogP contribution in [-0.2, 0) is 6.54 Å². The highest BCUT2D eigenvalue weighted by atomic mass is 16.3. The molecule has 0 atom stereocenters. The summed E-state index contributed by atoms with van der Waals surface area (Å²) in [5, 5.41) is 5.61. The molecular weight excluding hydrogens is 366 g/mol. The lowest BCUT2D eigenvalue weighted by atomic mass is 10.1. The summed E-state index contributed by atoms with van der Waals surface area (Å²) >= 11 is 0. The smallest absolute Gasteiger partial charge is 0.291 e. The third-order valence-electron chi connectivity index (χ3n) is 4.66. The second kappa shape index (κ2) is 9.71. The number of rotatable bonds is 8. The van der Waals surface area contributed by atoms with Crippen molar-refractivity contribution in [1.29, 1.82) is 0 Å². The van der Waals surface area contributed by atoms with Crippen molar-refractivity contribution in [3.05, 3.63) is 83.8 Å². The molecule has 0 aliphatic heterocycles. The first-order chi connectivity index (χ1) is 14.1. The van der Waals surface area contributed by atoms with Crippen LogP contribution in [-0.4, -0.2) is 29.8 Å². The van der Waals surface area contributed by atoms with Crippen molar-refractivity contribution in [3.63, 3.8) is 0 Å². The number of hydrogen-bond acceptors (Lipinski definition) is 4. The minimum Gasteiger partial charge on any atom is -0.459 e. The number of nitrogens with zero attached hydrogens (tertiary/aromatic N) is 1. The maximum Gasteiger partial charge on any atom is 0.291 e.